The summed E-state index contributed by atoms with van der Waals surface area (Å²) in [5.74, 6) is 0. The number of rotatable bonds is 9. The first kappa shape index (κ1) is 20.0. The number of hydrazone groups is 1. The number of hydrogen-bond donors (Lipinski definition) is 1. The Hall–Kier alpha value is -2.00. The molecule has 24 heavy (non-hydrogen) atoms. The van der Waals surface area contributed by atoms with Gasteiger partial charge in [0.25, 0.3) is 5.69 Å². The molecule has 134 valence electrons. The van der Waals surface area contributed by atoms with Gasteiger partial charge in [0, 0.05) is 24.9 Å². The number of sulfonamides is 1. The van der Waals surface area contributed by atoms with E-state index in [1.165, 1.54) is 16.4 Å². The summed E-state index contributed by atoms with van der Waals surface area (Å²) in [5.41, 5.74) is 3.30. The van der Waals surface area contributed by atoms with Crippen molar-refractivity contribution in [3.05, 3.63) is 28.3 Å². The third-order valence-electron chi connectivity index (χ3n) is 3.49. The zero-order chi connectivity index (χ0) is 18.3. The number of hydrogen-bond acceptors (Lipinski definition) is 6. The molecular formula is C15H24N4O4S. The van der Waals surface area contributed by atoms with Gasteiger partial charge in [-0.25, -0.2) is 8.42 Å². The molecule has 0 spiro atoms. The van der Waals surface area contributed by atoms with Gasteiger partial charge in [0.2, 0.25) is 10.0 Å². The van der Waals surface area contributed by atoms with Crippen molar-refractivity contribution in [2.75, 3.05) is 18.5 Å². The average Bonchev–Trinajstić information content (AvgIpc) is 2.53. The highest BCUT2D eigenvalue weighted by atomic mass is 32.2. The molecule has 0 bridgehead atoms. The third-order valence-corrected chi connectivity index (χ3v) is 5.53. The van der Waals surface area contributed by atoms with Gasteiger partial charge in [-0.1, -0.05) is 27.2 Å². The van der Waals surface area contributed by atoms with E-state index in [4.69, 9.17) is 0 Å². The zero-order valence-corrected chi connectivity index (χ0v) is 15.3. The van der Waals surface area contributed by atoms with Crippen LogP contribution in [0, 0.1) is 10.1 Å². The molecule has 9 heteroatoms. The van der Waals surface area contributed by atoms with Gasteiger partial charge in [0.1, 0.15) is 5.69 Å². The number of nitrogens with zero attached hydrogens (tertiary/aromatic N) is 3. The highest BCUT2D eigenvalue weighted by Crippen LogP contribution is 2.29. The van der Waals surface area contributed by atoms with Crippen molar-refractivity contribution in [3.8, 4) is 0 Å². The van der Waals surface area contributed by atoms with E-state index in [2.05, 4.69) is 10.5 Å². The Morgan fingerprint density at radius 2 is 1.92 bits per heavy atom. The van der Waals surface area contributed by atoms with Gasteiger partial charge in [-0.15, -0.1) is 0 Å². The molecule has 0 aromatic heterocycles. The van der Waals surface area contributed by atoms with Gasteiger partial charge >= 0.3 is 0 Å². The number of anilines is 1. The summed E-state index contributed by atoms with van der Waals surface area (Å²) in [4.78, 5) is 10.6. The predicted molar refractivity (Wildman–Crippen MR) is 94.8 cm³/mol. The lowest BCUT2D eigenvalue weighted by molar-refractivity contribution is -0.384. The second kappa shape index (κ2) is 8.74. The molecular weight excluding hydrogens is 332 g/mol. The van der Waals surface area contributed by atoms with Crippen LogP contribution < -0.4 is 5.43 Å². The largest absolute Gasteiger partial charge is 0.295 e. The lowest BCUT2D eigenvalue weighted by atomic mass is 10.2. The molecule has 0 fully saturated rings. The molecule has 0 amide bonds. The van der Waals surface area contributed by atoms with E-state index in [-0.39, 0.29) is 16.3 Å². The van der Waals surface area contributed by atoms with E-state index in [1.54, 1.807) is 13.8 Å². The first-order chi connectivity index (χ1) is 11.3. The van der Waals surface area contributed by atoms with Gasteiger partial charge in [-0.2, -0.15) is 9.41 Å². The molecule has 0 radical (unpaired) electrons. The average molecular weight is 356 g/mol. The van der Waals surface area contributed by atoms with Crippen LogP contribution in [0.15, 0.2) is 28.2 Å². The number of benzene rings is 1. The summed E-state index contributed by atoms with van der Waals surface area (Å²) in [7, 11) is -3.75. The summed E-state index contributed by atoms with van der Waals surface area (Å²) in [6.45, 7) is 7.86. The third kappa shape index (κ3) is 4.75. The van der Waals surface area contributed by atoms with Crippen LogP contribution in [0.3, 0.4) is 0 Å². The number of nitro groups is 1. The Labute approximate surface area is 142 Å². The molecule has 1 aromatic rings. The van der Waals surface area contributed by atoms with Crippen molar-refractivity contribution >= 4 is 27.1 Å². The molecule has 0 saturated carbocycles. The fraction of sp³-hybridized carbons (Fsp3) is 0.533. The van der Waals surface area contributed by atoms with Gasteiger partial charge in [-0.05, 0) is 25.5 Å². The van der Waals surface area contributed by atoms with Crippen molar-refractivity contribution < 1.29 is 13.3 Å². The molecule has 0 unspecified atom stereocenters. The van der Waals surface area contributed by atoms with Gasteiger partial charge < -0.3 is 0 Å². The standard InChI is InChI=1S/C15H24N4O4S/c1-5-8-12(4)16-17-14-10-9-13(11-15(14)19(20)21)24(22,23)18(6-2)7-3/h9-11,17H,5-8H2,1-4H3/b16-12-. The summed E-state index contributed by atoms with van der Waals surface area (Å²) >= 11 is 0. The van der Waals surface area contributed by atoms with Crippen LogP contribution in [0.25, 0.3) is 0 Å². The Bertz CT molecular complexity index is 712. The lowest BCUT2D eigenvalue weighted by Crippen LogP contribution is -2.30. The van der Waals surface area contributed by atoms with Crippen LogP contribution in [0.4, 0.5) is 11.4 Å². The van der Waals surface area contributed by atoms with Crippen molar-refractivity contribution in [2.24, 2.45) is 5.10 Å². The van der Waals surface area contributed by atoms with E-state index in [0.717, 1.165) is 24.6 Å². The molecule has 8 nitrogen and oxygen atoms in total. The Morgan fingerprint density at radius 3 is 2.42 bits per heavy atom. The topological polar surface area (TPSA) is 105 Å². The smallest absolute Gasteiger partial charge is 0.272 e. The number of nitrogens with one attached hydrogen (secondary N) is 1. The van der Waals surface area contributed by atoms with Crippen molar-refractivity contribution in [1.82, 2.24) is 4.31 Å². The molecule has 0 aliphatic heterocycles. The molecule has 1 aromatic carbocycles. The van der Waals surface area contributed by atoms with E-state index in [1.807, 2.05) is 13.8 Å². The summed E-state index contributed by atoms with van der Waals surface area (Å²) in [6.07, 6.45) is 1.69. The first-order valence-electron chi connectivity index (χ1n) is 7.85. The van der Waals surface area contributed by atoms with Crippen LogP contribution in [-0.4, -0.2) is 36.4 Å². The highest BCUT2D eigenvalue weighted by Gasteiger charge is 2.25. The number of nitro benzene ring substituents is 1. The summed E-state index contributed by atoms with van der Waals surface area (Å²) in [5, 5.41) is 15.4. The molecule has 1 N–H and O–H groups in total. The molecule has 0 aliphatic rings. The van der Waals surface area contributed by atoms with Gasteiger partial charge in [0.15, 0.2) is 0 Å². The van der Waals surface area contributed by atoms with Crippen LogP contribution in [-0.2, 0) is 10.0 Å². The minimum atomic E-state index is -3.75. The molecule has 0 atom stereocenters. The van der Waals surface area contributed by atoms with Crippen LogP contribution >= 0.6 is 0 Å². The Morgan fingerprint density at radius 1 is 1.29 bits per heavy atom. The summed E-state index contributed by atoms with van der Waals surface area (Å²) in [6, 6.07) is 3.80. The quantitative estimate of drug-likeness (QED) is 0.415. The van der Waals surface area contributed by atoms with E-state index in [9.17, 15) is 18.5 Å². The van der Waals surface area contributed by atoms with E-state index >= 15 is 0 Å². The fourth-order valence-corrected chi connectivity index (χ4v) is 3.68. The maximum Gasteiger partial charge on any atom is 0.295 e. The summed E-state index contributed by atoms with van der Waals surface area (Å²) < 4.78 is 26.2. The van der Waals surface area contributed by atoms with Gasteiger partial charge in [0.05, 0.1) is 9.82 Å². The SMILES string of the molecule is CCC/C(C)=N\Nc1ccc(S(=O)(=O)N(CC)CC)cc1[N+](=O)[O-]. The fourth-order valence-electron chi connectivity index (χ4n) is 2.20. The predicted octanol–water partition coefficient (Wildman–Crippen LogP) is 3.21. The van der Waals surface area contributed by atoms with E-state index < -0.39 is 14.9 Å². The second-order valence-corrected chi connectivity index (χ2v) is 7.17. The highest BCUT2D eigenvalue weighted by molar-refractivity contribution is 7.89. The van der Waals surface area contributed by atoms with Crippen LogP contribution in [0.2, 0.25) is 0 Å². The molecule has 0 heterocycles. The second-order valence-electron chi connectivity index (χ2n) is 5.23. The Kier molecular flexibility index (Phi) is 7.30. The van der Waals surface area contributed by atoms with Crippen LogP contribution in [0.1, 0.15) is 40.5 Å². The van der Waals surface area contributed by atoms with E-state index in [0.29, 0.717) is 13.1 Å². The normalized spacial score (nSPS) is 12.5. The molecule has 0 aliphatic carbocycles. The Balaban J connectivity index is 3.25. The van der Waals surface area contributed by atoms with Crippen molar-refractivity contribution in [1.29, 1.82) is 0 Å². The maximum atomic E-state index is 12.5. The monoisotopic (exact) mass is 356 g/mol. The maximum absolute atomic E-state index is 12.5. The van der Waals surface area contributed by atoms with Crippen molar-refractivity contribution in [2.45, 2.75) is 45.4 Å². The minimum Gasteiger partial charge on any atom is -0.272 e. The minimum absolute atomic E-state index is 0.0993. The molecule has 0 saturated heterocycles. The van der Waals surface area contributed by atoms with Crippen molar-refractivity contribution in [3.63, 3.8) is 0 Å². The van der Waals surface area contributed by atoms with Gasteiger partial charge in [-0.3, -0.25) is 15.5 Å². The zero-order valence-electron chi connectivity index (χ0n) is 14.4. The lowest BCUT2D eigenvalue weighted by Gasteiger charge is -2.18. The van der Waals surface area contributed by atoms with Crippen LogP contribution in [0.5, 0.6) is 0 Å². The first-order valence-corrected chi connectivity index (χ1v) is 9.29. The molecule has 1 rings (SSSR count).